The largest absolute Gasteiger partial charge is 0.385 e. The molecule has 168 valence electrons. The minimum Gasteiger partial charge on any atom is -0.385 e. The van der Waals surface area contributed by atoms with Gasteiger partial charge in [0.1, 0.15) is 21.9 Å². The van der Waals surface area contributed by atoms with E-state index in [1.54, 1.807) is 13.8 Å². The van der Waals surface area contributed by atoms with Gasteiger partial charge in [-0.05, 0) is 54.5 Å². The van der Waals surface area contributed by atoms with Crippen LogP contribution >= 0.6 is 11.3 Å². The van der Waals surface area contributed by atoms with Crippen molar-refractivity contribution >= 4 is 28.1 Å². The molecule has 2 rings (SSSR count). The number of aliphatic hydroxyl groups is 1. The highest BCUT2D eigenvalue weighted by Crippen LogP contribution is 2.34. The van der Waals surface area contributed by atoms with E-state index in [0.29, 0.717) is 21.6 Å². The molecule has 0 aliphatic carbocycles. The van der Waals surface area contributed by atoms with Crippen molar-refractivity contribution in [2.24, 2.45) is 9.50 Å². The van der Waals surface area contributed by atoms with E-state index in [1.165, 1.54) is 26.0 Å². The van der Waals surface area contributed by atoms with Gasteiger partial charge in [0.15, 0.2) is 0 Å². The highest BCUT2D eigenvalue weighted by molar-refractivity contribution is 7.87. The molecule has 0 aliphatic heterocycles. The average Bonchev–Trinajstić information content (AvgIpc) is 3.03. The van der Waals surface area contributed by atoms with Crippen molar-refractivity contribution in [1.29, 1.82) is 5.26 Å². The number of rotatable bonds is 6. The Hall–Kier alpha value is -1.99. The number of carbonyl (C=O) groups is 1. The lowest BCUT2D eigenvalue weighted by molar-refractivity contribution is -0.117. The Balaban J connectivity index is 2.49. The van der Waals surface area contributed by atoms with E-state index >= 15 is 0 Å². The number of hydrogen-bond donors (Lipinski definition) is 2. The molecule has 0 spiro atoms. The second-order valence-corrected chi connectivity index (χ2v) is 11.0. The van der Waals surface area contributed by atoms with Gasteiger partial charge in [-0.25, -0.2) is 8.78 Å². The van der Waals surface area contributed by atoms with E-state index < -0.39 is 34.0 Å². The minimum absolute atomic E-state index is 0.0480. The third-order valence-corrected chi connectivity index (χ3v) is 7.70. The number of nitrogens with zero attached hydrogens (tertiary/aromatic N) is 2. The van der Waals surface area contributed by atoms with Crippen molar-refractivity contribution in [3.05, 3.63) is 50.9 Å². The van der Waals surface area contributed by atoms with Crippen LogP contribution in [0.2, 0.25) is 0 Å². The van der Waals surface area contributed by atoms with Gasteiger partial charge in [-0.1, -0.05) is 27.7 Å². The quantitative estimate of drug-likeness (QED) is 0.612. The van der Waals surface area contributed by atoms with Gasteiger partial charge < -0.3 is 5.11 Å². The summed E-state index contributed by atoms with van der Waals surface area (Å²) >= 11 is 0.967. The summed E-state index contributed by atoms with van der Waals surface area (Å²) in [6.07, 6.45) is -0.199. The molecule has 0 bridgehead atoms. The van der Waals surface area contributed by atoms with Gasteiger partial charge >= 0.3 is 0 Å². The molecule has 1 unspecified atom stereocenters. The first kappa shape index (κ1) is 25.3. The van der Waals surface area contributed by atoms with Crippen LogP contribution in [0.4, 0.5) is 8.78 Å². The number of halogens is 2. The molecule has 2 aromatic rings. The molecule has 1 amide bonds. The maximum absolute atomic E-state index is 14.9. The lowest BCUT2D eigenvalue weighted by Gasteiger charge is -2.20. The second kappa shape index (κ2) is 9.65. The van der Waals surface area contributed by atoms with Crippen LogP contribution in [0.25, 0.3) is 0 Å². The van der Waals surface area contributed by atoms with Gasteiger partial charge in [0.25, 0.3) is 5.91 Å². The summed E-state index contributed by atoms with van der Waals surface area (Å²) in [4.78, 5) is 13.1. The predicted molar refractivity (Wildman–Crippen MR) is 120 cm³/mol. The molecule has 5 nitrogen and oxygen atoms in total. The highest BCUT2D eigenvalue weighted by atomic mass is 32.2. The zero-order valence-corrected chi connectivity index (χ0v) is 20.0. The first-order chi connectivity index (χ1) is 14.3. The van der Waals surface area contributed by atoms with E-state index in [0.717, 1.165) is 11.3 Å². The zero-order chi connectivity index (χ0) is 23.7. The zero-order valence-electron chi connectivity index (χ0n) is 18.4. The van der Waals surface area contributed by atoms with E-state index in [2.05, 4.69) is 4.36 Å². The van der Waals surface area contributed by atoms with Crippen molar-refractivity contribution in [3.8, 4) is 6.07 Å². The Morgan fingerprint density at radius 1 is 1.29 bits per heavy atom. The maximum Gasteiger partial charge on any atom is 0.257 e. The molecular formula is C22H27F2N3O2S2. The molecule has 0 saturated carbocycles. The third kappa shape index (κ3) is 5.63. The lowest BCUT2D eigenvalue weighted by atomic mass is 9.85. The molecule has 1 aromatic heterocycles. The topological polar surface area (TPSA) is 99.5 Å². The van der Waals surface area contributed by atoms with Crippen molar-refractivity contribution < 1.29 is 18.7 Å². The monoisotopic (exact) mass is 467 g/mol. The van der Waals surface area contributed by atoms with Gasteiger partial charge in [-0.15, -0.1) is 11.3 Å². The molecular weight excluding hydrogens is 440 g/mol. The standard InChI is InChI=1S/C22H27F2N3O2S2/c1-11(2)14-7-13(10-25)20(24)19(12(3)4)15(14)8-18(28)27-31(26)21-16(23)9-17(30-21)22(5,6)29/h7,9,11-12,29H,8H2,1-6H3,(H2,26,27,28). The molecule has 1 aromatic carbocycles. The summed E-state index contributed by atoms with van der Waals surface area (Å²) in [6, 6.07) is 4.55. The summed E-state index contributed by atoms with van der Waals surface area (Å²) in [5.74, 6) is -2.16. The number of thiophene rings is 1. The Morgan fingerprint density at radius 2 is 1.90 bits per heavy atom. The fraction of sp³-hybridized carbons (Fsp3) is 0.455. The number of hydrogen-bond acceptors (Lipinski definition) is 4. The maximum atomic E-state index is 14.9. The fourth-order valence-electron chi connectivity index (χ4n) is 3.27. The van der Waals surface area contributed by atoms with Crippen molar-refractivity contribution in [1.82, 2.24) is 0 Å². The smallest absolute Gasteiger partial charge is 0.257 e. The van der Waals surface area contributed by atoms with Crippen molar-refractivity contribution in [3.63, 3.8) is 0 Å². The van der Waals surface area contributed by atoms with Crippen LogP contribution in [-0.4, -0.2) is 11.0 Å². The Kier molecular flexibility index (Phi) is 7.87. The van der Waals surface area contributed by atoms with E-state index in [-0.39, 0.29) is 28.0 Å². The molecule has 0 fully saturated rings. The summed E-state index contributed by atoms with van der Waals surface area (Å²) in [5.41, 5.74) is 0.217. The Morgan fingerprint density at radius 3 is 2.35 bits per heavy atom. The fourth-order valence-corrected chi connectivity index (χ4v) is 5.38. The first-order valence-electron chi connectivity index (χ1n) is 9.78. The van der Waals surface area contributed by atoms with Gasteiger partial charge in [-0.3, -0.25) is 9.93 Å². The summed E-state index contributed by atoms with van der Waals surface area (Å²) < 4.78 is 33.2. The van der Waals surface area contributed by atoms with Gasteiger partial charge in [0, 0.05) is 15.8 Å². The highest BCUT2D eigenvalue weighted by Gasteiger charge is 2.25. The molecule has 31 heavy (non-hydrogen) atoms. The summed E-state index contributed by atoms with van der Waals surface area (Å²) in [5, 5.41) is 25.4. The van der Waals surface area contributed by atoms with E-state index in [9.17, 15) is 23.9 Å². The van der Waals surface area contributed by atoms with Crippen LogP contribution < -0.4 is 5.14 Å². The molecule has 0 saturated heterocycles. The number of nitriles is 1. The van der Waals surface area contributed by atoms with E-state index in [4.69, 9.17) is 5.14 Å². The van der Waals surface area contributed by atoms with Gasteiger partial charge in [0.2, 0.25) is 0 Å². The van der Waals surface area contributed by atoms with Gasteiger partial charge in [-0.2, -0.15) is 9.62 Å². The van der Waals surface area contributed by atoms with E-state index in [1.807, 2.05) is 19.9 Å². The van der Waals surface area contributed by atoms with Crippen LogP contribution in [0.1, 0.15) is 80.5 Å². The van der Waals surface area contributed by atoms with Crippen LogP contribution in [0.5, 0.6) is 0 Å². The summed E-state index contributed by atoms with van der Waals surface area (Å²) in [6.45, 7) is 10.4. The molecule has 1 heterocycles. The molecule has 0 radical (unpaired) electrons. The first-order valence-corrected chi connectivity index (χ1v) is 11.8. The minimum atomic E-state index is -1.55. The third-order valence-electron chi connectivity index (χ3n) is 4.74. The number of benzene rings is 1. The predicted octanol–water partition coefficient (Wildman–Crippen LogP) is 5.18. The number of carbonyl (C=O) groups excluding carboxylic acids is 1. The van der Waals surface area contributed by atoms with Crippen LogP contribution in [0.3, 0.4) is 0 Å². The molecule has 3 N–H and O–H groups in total. The van der Waals surface area contributed by atoms with Crippen LogP contribution in [0, 0.1) is 23.0 Å². The van der Waals surface area contributed by atoms with Crippen LogP contribution in [-0.2, 0) is 27.7 Å². The summed E-state index contributed by atoms with van der Waals surface area (Å²) in [7, 11) is -1.55. The number of amides is 1. The second-order valence-electron chi connectivity index (χ2n) is 8.42. The lowest BCUT2D eigenvalue weighted by Crippen LogP contribution is -2.14. The van der Waals surface area contributed by atoms with Crippen molar-refractivity contribution in [2.45, 2.75) is 69.6 Å². The van der Waals surface area contributed by atoms with Gasteiger partial charge in [0.05, 0.1) is 17.6 Å². The SMILES string of the molecule is CC(C)c1cc(C#N)c(F)c(C(C)C)c1CC(=O)/N=S(\N)c1sc(C(C)(C)O)cc1F. The molecule has 0 aliphatic rings. The average molecular weight is 468 g/mol. The Labute approximate surface area is 188 Å². The Bertz CT molecular complexity index is 1080. The van der Waals surface area contributed by atoms with Crippen molar-refractivity contribution in [2.75, 3.05) is 0 Å². The molecule has 1 atom stereocenters. The normalized spacial score (nSPS) is 13.1. The number of nitrogens with two attached hydrogens (primary N) is 1. The van der Waals surface area contributed by atoms with Crippen LogP contribution in [0.15, 0.2) is 20.7 Å². The molecule has 9 heteroatoms.